The molecule has 13 rings (SSSR count). The molecule has 4 heteroatoms. The van der Waals surface area contributed by atoms with Crippen LogP contribution in [-0.2, 0) is 5.41 Å². The summed E-state index contributed by atoms with van der Waals surface area (Å²) in [6, 6.07) is 73.7. The van der Waals surface area contributed by atoms with Crippen molar-refractivity contribution in [1.82, 2.24) is 0 Å². The zero-order chi connectivity index (χ0) is 40.4. The van der Waals surface area contributed by atoms with Gasteiger partial charge in [0, 0.05) is 50.3 Å². The minimum absolute atomic E-state index is 0.0396. The third kappa shape index (κ3) is 4.94. The molecule has 286 valence electrons. The van der Waals surface area contributed by atoms with Crippen molar-refractivity contribution < 1.29 is 4.42 Å². The number of nitrogens with zero attached hydrogens (tertiary/aromatic N) is 2. The quantitative estimate of drug-likeness (QED) is 0.166. The molecule has 3 nitrogen and oxygen atoms in total. The van der Waals surface area contributed by atoms with Crippen LogP contribution in [-0.4, -0.2) is 6.71 Å². The molecular formula is C57H39BN2O. The first-order valence-corrected chi connectivity index (χ1v) is 21.3. The number of anilines is 6. The van der Waals surface area contributed by atoms with Gasteiger partial charge in [-0.2, -0.15) is 0 Å². The summed E-state index contributed by atoms with van der Waals surface area (Å²) in [6.07, 6.45) is 0. The summed E-state index contributed by atoms with van der Waals surface area (Å²) < 4.78 is 6.14. The number of furan rings is 1. The first kappa shape index (κ1) is 34.3. The monoisotopic (exact) mass is 778 g/mol. The van der Waals surface area contributed by atoms with E-state index in [1.807, 2.05) is 12.1 Å². The molecule has 61 heavy (non-hydrogen) atoms. The lowest BCUT2D eigenvalue weighted by atomic mass is 9.33. The van der Waals surface area contributed by atoms with Crippen molar-refractivity contribution in [3.63, 3.8) is 0 Å². The molecule has 3 aliphatic rings. The van der Waals surface area contributed by atoms with E-state index in [-0.39, 0.29) is 12.1 Å². The van der Waals surface area contributed by atoms with E-state index in [1.165, 1.54) is 83.6 Å². The highest BCUT2D eigenvalue weighted by atomic mass is 16.3. The zero-order valence-corrected chi connectivity index (χ0v) is 33.9. The summed E-state index contributed by atoms with van der Waals surface area (Å²) in [5.74, 6) is 0. The fraction of sp³-hybridized carbons (Fsp3) is 0.0526. The standard InChI is InChI=1S/C57H39BN2O/c1-57(2)46-14-5-3-12-42(46)43-32-26-39(35-47(43)57)37-24-30-41(31-25-37)60-51-18-9-7-16-49(51)58-48-15-6-8-17-50(48)59(52-19-11-20-53(60)56(52)58)40-28-22-36(23-29-40)38-27-33-55-45(34-38)44-13-4-10-21-54(44)61-55/h3-35H,1-2H3. The predicted octanol–water partition coefficient (Wildman–Crippen LogP) is 13.3. The van der Waals surface area contributed by atoms with Gasteiger partial charge < -0.3 is 14.2 Å². The van der Waals surface area contributed by atoms with Crippen LogP contribution < -0.4 is 26.2 Å². The van der Waals surface area contributed by atoms with Gasteiger partial charge in [0.05, 0.1) is 0 Å². The molecule has 0 N–H and O–H groups in total. The minimum atomic E-state index is -0.0396. The third-order valence-electron chi connectivity index (χ3n) is 13.7. The molecule has 2 aliphatic heterocycles. The molecule has 0 radical (unpaired) electrons. The molecular weight excluding hydrogens is 739 g/mol. The Morgan fingerprint density at radius 2 is 0.902 bits per heavy atom. The zero-order valence-electron chi connectivity index (χ0n) is 33.9. The molecule has 0 unspecified atom stereocenters. The van der Waals surface area contributed by atoms with Gasteiger partial charge in [-0.05, 0) is 134 Å². The van der Waals surface area contributed by atoms with E-state index < -0.39 is 0 Å². The highest BCUT2D eigenvalue weighted by molar-refractivity contribution is 7.00. The maximum Gasteiger partial charge on any atom is 0.252 e. The second-order valence-electron chi connectivity index (χ2n) is 17.3. The SMILES string of the molecule is CC1(C)c2ccccc2-c2ccc(-c3ccc(N4c5ccccc5B5c6ccccc6N(c6ccc(-c7ccc8oc9ccccc9c8c7)cc6)c6cccc4c65)cc3)cc21. The number of hydrogen-bond acceptors (Lipinski definition) is 3. The Kier molecular flexibility index (Phi) is 7.16. The van der Waals surface area contributed by atoms with Crippen LogP contribution in [0.15, 0.2) is 205 Å². The maximum absolute atomic E-state index is 6.14. The summed E-state index contributed by atoms with van der Waals surface area (Å²) in [7, 11) is 0. The van der Waals surface area contributed by atoms with Crippen molar-refractivity contribution in [2.45, 2.75) is 19.3 Å². The molecule has 10 aromatic rings. The number of benzene rings is 9. The van der Waals surface area contributed by atoms with Crippen molar-refractivity contribution >= 4 is 79.2 Å². The Labute approximate surface area is 355 Å². The van der Waals surface area contributed by atoms with Gasteiger partial charge in [0.15, 0.2) is 0 Å². The molecule has 0 atom stereocenters. The van der Waals surface area contributed by atoms with E-state index in [9.17, 15) is 0 Å². The van der Waals surface area contributed by atoms with Gasteiger partial charge in [0.1, 0.15) is 11.2 Å². The molecule has 0 amide bonds. The van der Waals surface area contributed by atoms with Crippen molar-refractivity contribution in [3.8, 4) is 33.4 Å². The van der Waals surface area contributed by atoms with Crippen LogP contribution in [0.4, 0.5) is 34.1 Å². The van der Waals surface area contributed by atoms with Crippen molar-refractivity contribution in [2.24, 2.45) is 0 Å². The van der Waals surface area contributed by atoms with E-state index in [0.717, 1.165) is 33.3 Å². The largest absolute Gasteiger partial charge is 0.456 e. The lowest BCUT2D eigenvalue weighted by Gasteiger charge is -2.44. The fourth-order valence-corrected chi connectivity index (χ4v) is 10.8. The number of para-hydroxylation sites is 3. The van der Waals surface area contributed by atoms with E-state index in [0.29, 0.717) is 0 Å². The molecule has 3 heterocycles. The van der Waals surface area contributed by atoms with Gasteiger partial charge in [-0.1, -0.05) is 141 Å². The number of fused-ring (bicyclic) bond motifs is 10. The van der Waals surface area contributed by atoms with E-state index in [4.69, 9.17) is 4.42 Å². The van der Waals surface area contributed by atoms with Gasteiger partial charge in [-0.15, -0.1) is 0 Å². The normalized spacial score (nSPS) is 14.1. The Hall–Kier alpha value is -7.56. The van der Waals surface area contributed by atoms with Crippen LogP contribution in [0, 0.1) is 0 Å². The molecule has 1 aliphatic carbocycles. The van der Waals surface area contributed by atoms with Crippen molar-refractivity contribution in [3.05, 3.63) is 211 Å². The summed E-state index contributed by atoms with van der Waals surface area (Å²) >= 11 is 0. The first-order valence-electron chi connectivity index (χ1n) is 21.3. The Morgan fingerprint density at radius 1 is 0.393 bits per heavy atom. The molecule has 9 aromatic carbocycles. The minimum Gasteiger partial charge on any atom is -0.456 e. The first-order chi connectivity index (χ1) is 30.0. The summed E-state index contributed by atoms with van der Waals surface area (Å²) in [6.45, 7) is 4.80. The van der Waals surface area contributed by atoms with Crippen molar-refractivity contribution in [1.29, 1.82) is 0 Å². The topological polar surface area (TPSA) is 19.6 Å². The van der Waals surface area contributed by atoms with Gasteiger partial charge in [-0.3, -0.25) is 0 Å². The Bertz CT molecular complexity index is 3420. The highest BCUT2D eigenvalue weighted by Gasteiger charge is 2.43. The van der Waals surface area contributed by atoms with Crippen molar-refractivity contribution in [2.75, 3.05) is 9.80 Å². The second-order valence-corrected chi connectivity index (χ2v) is 17.3. The van der Waals surface area contributed by atoms with Crippen LogP contribution in [0.3, 0.4) is 0 Å². The average molecular weight is 779 g/mol. The highest BCUT2D eigenvalue weighted by Crippen LogP contribution is 2.50. The Balaban J connectivity index is 0.902. The van der Waals surface area contributed by atoms with Gasteiger partial charge in [-0.25, -0.2) is 0 Å². The fourth-order valence-electron chi connectivity index (χ4n) is 10.8. The molecule has 0 fully saturated rings. The van der Waals surface area contributed by atoms with Gasteiger partial charge in [0.2, 0.25) is 0 Å². The lowest BCUT2D eigenvalue weighted by Crippen LogP contribution is -2.61. The molecule has 0 bridgehead atoms. The Morgan fingerprint density at radius 3 is 1.59 bits per heavy atom. The van der Waals surface area contributed by atoms with E-state index in [2.05, 4.69) is 212 Å². The predicted molar refractivity (Wildman–Crippen MR) is 256 cm³/mol. The van der Waals surface area contributed by atoms with Crippen LogP contribution in [0.2, 0.25) is 0 Å². The lowest BCUT2D eigenvalue weighted by molar-refractivity contribution is 0.660. The summed E-state index contributed by atoms with van der Waals surface area (Å²) in [4.78, 5) is 4.94. The average Bonchev–Trinajstić information content (AvgIpc) is 3.80. The smallest absolute Gasteiger partial charge is 0.252 e. The van der Waals surface area contributed by atoms with E-state index in [1.54, 1.807) is 0 Å². The van der Waals surface area contributed by atoms with Gasteiger partial charge >= 0.3 is 0 Å². The third-order valence-corrected chi connectivity index (χ3v) is 13.7. The molecule has 1 aromatic heterocycles. The van der Waals surface area contributed by atoms with Crippen LogP contribution in [0.5, 0.6) is 0 Å². The number of hydrogen-bond donors (Lipinski definition) is 0. The maximum atomic E-state index is 6.14. The summed E-state index contributed by atoms with van der Waals surface area (Å²) in [5.41, 5.74) is 23.2. The second kappa shape index (κ2) is 12.7. The molecule has 0 spiro atoms. The van der Waals surface area contributed by atoms with Crippen LogP contribution in [0.1, 0.15) is 25.0 Å². The van der Waals surface area contributed by atoms with Gasteiger partial charge in [0.25, 0.3) is 6.71 Å². The molecule has 0 saturated carbocycles. The molecule has 0 saturated heterocycles. The number of rotatable bonds is 4. The van der Waals surface area contributed by atoms with Crippen LogP contribution in [0.25, 0.3) is 55.3 Å². The van der Waals surface area contributed by atoms with Crippen LogP contribution >= 0.6 is 0 Å². The van der Waals surface area contributed by atoms with E-state index >= 15 is 0 Å². The summed E-state index contributed by atoms with van der Waals surface area (Å²) in [5, 5.41) is 2.29.